The maximum absolute atomic E-state index is 12.3. The standard InChI is InChI=1S/C17H25NO4/c1-5-7-12-22-15(19)13-10-8-9-11-14(13)18-16(20)17(3,6-2)21-4/h8-11H,5-7,12H2,1-4H3,(H,18,20). The lowest BCUT2D eigenvalue weighted by atomic mass is 10.0. The summed E-state index contributed by atoms with van der Waals surface area (Å²) in [6, 6.07) is 6.82. The number of hydrogen-bond donors (Lipinski definition) is 1. The van der Waals surface area contributed by atoms with Crippen LogP contribution in [0.15, 0.2) is 24.3 Å². The van der Waals surface area contributed by atoms with Crippen molar-refractivity contribution in [3.8, 4) is 0 Å². The highest BCUT2D eigenvalue weighted by atomic mass is 16.5. The summed E-state index contributed by atoms with van der Waals surface area (Å²) in [6.07, 6.45) is 2.30. The summed E-state index contributed by atoms with van der Waals surface area (Å²) in [6.45, 7) is 5.99. The summed E-state index contributed by atoms with van der Waals surface area (Å²) < 4.78 is 10.5. The molecule has 0 aliphatic carbocycles. The molecule has 0 aliphatic heterocycles. The molecule has 5 heteroatoms. The van der Waals surface area contributed by atoms with Crippen LogP contribution in [0.4, 0.5) is 5.69 Å². The average Bonchev–Trinajstić information content (AvgIpc) is 2.54. The Bertz CT molecular complexity index is 509. The summed E-state index contributed by atoms with van der Waals surface area (Å²) in [4.78, 5) is 24.4. The third kappa shape index (κ3) is 4.56. The molecule has 1 aromatic rings. The molecule has 22 heavy (non-hydrogen) atoms. The molecule has 1 rings (SSSR count). The first-order valence-corrected chi connectivity index (χ1v) is 7.61. The summed E-state index contributed by atoms with van der Waals surface area (Å²) in [5.74, 6) is -0.716. The first-order chi connectivity index (χ1) is 10.5. The molecule has 1 N–H and O–H groups in total. The lowest BCUT2D eigenvalue weighted by molar-refractivity contribution is -0.136. The molecular formula is C17H25NO4. The fourth-order valence-corrected chi connectivity index (χ4v) is 1.81. The van der Waals surface area contributed by atoms with Gasteiger partial charge in [-0.25, -0.2) is 4.79 Å². The van der Waals surface area contributed by atoms with Gasteiger partial charge in [0.1, 0.15) is 5.60 Å². The van der Waals surface area contributed by atoms with Gasteiger partial charge in [-0.15, -0.1) is 0 Å². The molecule has 1 unspecified atom stereocenters. The van der Waals surface area contributed by atoms with Crippen molar-refractivity contribution >= 4 is 17.6 Å². The van der Waals surface area contributed by atoms with Gasteiger partial charge in [0.05, 0.1) is 17.9 Å². The van der Waals surface area contributed by atoms with Gasteiger partial charge in [-0.05, 0) is 31.9 Å². The van der Waals surface area contributed by atoms with Gasteiger partial charge in [-0.1, -0.05) is 32.4 Å². The Morgan fingerprint density at radius 3 is 2.50 bits per heavy atom. The average molecular weight is 307 g/mol. The number of amides is 1. The number of rotatable bonds is 8. The number of hydrogen-bond acceptors (Lipinski definition) is 4. The van der Waals surface area contributed by atoms with E-state index in [1.165, 1.54) is 7.11 Å². The Balaban J connectivity index is 2.88. The number of nitrogens with one attached hydrogen (secondary N) is 1. The molecule has 0 aliphatic rings. The van der Waals surface area contributed by atoms with E-state index in [0.29, 0.717) is 24.3 Å². The van der Waals surface area contributed by atoms with Gasteiger partial charge in [0.25, 0.3) is 5.91 Å². The second-order valence-electron chi connectivity index (χ2n) is 5.28. The van der Waals surface area contributed by atoms with Crippen molar-refractivity contribution in [2.24, 2.45) is 0 Å². The molecule has 0 fully saturated rings. The Labute approximate surface area is 132 Å². The number of ether oxygens (including phenoxy) is 2. The highest BCUT2D eigenvalue weighted by Crippen LogP contribution is 2.21. The minimum absolute atomic E-state index is 0.286. The van der Waals surface area contributed by atoms with E-state index < -0.39 is 11.6 Å². The molecule has 0 spiro atoms. The molecule has 0 bridgehead atoms. The number of anilines is 1. The van der Waals surface area contributed by atoms with Crippen LogP contribution in [-0.4, -0.2) is 31.2 Å². The van der Waals surface area contributed by atoms with E-state index in [4.69, 9.17) is 9.47 Å². The summed E-state index contributed by atoms with van der Waals surface area (Å²) >= 11 is 0. The molecule has 0 aromatic heterocycles. The van der Waals surface area contributed by atoms with Gasteiger partial charge < -0.3 is 14.8 Å². The zero-order chi connectivity index (χ0) is 16.6. The van der Waals surface area contributed by atoms with Crippen LogP contribution in [-0.2, 0) is 14.3 Å². The monoisotopic (exact) mass is 307 g/mol. The number of methoxy groups -OCH3 is 1. The Morgan fingerprint density at radius 1 is 1.23 bits per heavy atom. The maximum atomic E-state index is 12.3. The minimum atomic E-state index is -0.931. The van der Waals surface area contributed by atoms with Gasteiger partial charge in [-0.2, -0.15) is 0 Å². The van der Waals surface area contributed by atoms with Crippen LogP contribution < -0.4 is 5.32 Å². The number of benzene rings is 1. The van der Waals surface area contributed by atoms with Crippen LogP contribution in [0.3, 0.4) is 0 Å². The summed E-state index contributed by atoms with van der Waals surface area (Å²) in [5, 5.41) is 2.76. The molecule has 1 amide bonds. The number of carbonyl (C=O) groups is 2. The fraction of sp³-hybridized carbons (Fsp3) is 0.529. The molecular weight excluding hydrogens is 282 g/mol. The highest BCUT2D eigenvalue weighted by Gasteiger charge is 2.31. The predicted octanol–water partition coefficient (Wildman–Crippen LogP) is 3.40. The van der Waals surface area contributed by atoms with E-state index in [2.05, 4.69) is 5.32 Å². The van der Waals surface area contributed by atoms with Gasteiger partial charge in [0.2, 0.25) is 0 Å². The second kappa shape index (κ2) is 8.54. The van der Waals surface area contributed by atoms with E-state index in [0.717, 1.165) is 12.8 Å². The zero-order valence-electron chi connectivity index (χ0n) is 13.8. The Kier molecular flexibility index (Phi) is 7.05. The first kappa shape index (κ1) is 18.2. The van der Waals surface area contributed by atoms with Crippen LogP contribution in [0.1, 0.15) is 50.4 Å². The van der Waals surface area contributed by atoms with Crippen molar-refractivity contribution < 1.29 is 19.1 Å². The van der Waals surface area contributed by atoms with Crippen LogP contribution in [0.2, 0.25) is 0 Å². The SMILES string of the molecule is CCCCOC(=O)c1ccccc1NC(=O)C(C)(CC)OC. The molecule has 122 valence electrons. The van der Waals surface area contributed by atoms with Gasteiger partial charge in [-0.3, -0.25) is 4.79 Å². The van der Waals surface area contributed by atoms with Crippen LogP contribution in [0.25, 0.3) is 0 Å². The first-order valence-electron chi connectivity index (χ1n) is 7.61. The normalized spacial score (nSPS) is 13.3. The fourth-order valence-electron chi connectivity index (χ4n) is 1.81. The van der Waals surface area contributed by atoms with E-state index in [1.807, 2.05) is 13.8 Å². The minimum Gasteiger partial charge on any atom is -0.462 e. The molecule has 1 atom stereocenters. The van der Waals surface area contributed by atoms with Crippen molar-refractivity contribution in [2.45, 2.75) is 45.6 Å². The number of esters is 1. The molecule has 5 nitrogen and oxygen atoms in total. The van der Waals surface area contributed by atoms with Crippen LogP contribution in [0, 0.1) is 0 Å². The zero-order valence-corrected chi connectivity index (χ0v) is 13.8. The lowest BCUT2D eigenvalue weighted by Gasteiger charge is -2.25. The molecule has 0 saturated carbocycles. The second-order valence-corrected chi connectivity index (χ2v) is 5.28. The van der Waals surface area contributed by atoms with Crippen LogP contribution in [0.5, 0.6) is 0 Å². The van der Waals surface area contributed by atoms with E-state index >= 15 is 0 Å². The third-order valence-electron chi connectivity index (χ3n) is 3.73. The number of para-hydroxylation sites is 1. The molecule has 0 radical (unpaired) electrons. The van der Waals surface area contributed by atoms with Crippen molar-refractivity contribution in [2.75, 3.05) is 19.0 Å². The van der Waals surface area contributed by atoms with E-state index in [9.17, 15) is 9.59 Å². The molecule has 1 aromatic carbocycles. The van der Waals surface area contributed by atoms with Crippen molar-refractivity contribution in [1.29, 1.82) is 0 Å². The largest absolute Gasteiger partial charge is 0.462 e. The summed E-state index contributed by atoms with van der Waals surface area (Å²) in [5.41, 5.74) is -0.147. The lowest BCUT2D eigenvalue weighted by Crippen LogP contribution is -2.41. The van der Waals surface area contributed by atoms with E-state index in [-0.39, 0.29) is 5.91 Å². The van der Waals surface area contributed by atoms with Crippen molar-refractivity contribution in [3.05, 3.63) is 29.8 Å². The number of carbonyl (C=O) groups excluding carboxylic acids is 2. The summed E-state index contributed by atoms with van der Waals surface area (Å²) in [7, 11) is 1.49. The van der Waals surface area contributed by atoms with E-state index in [1.54, 1.807) is 31.2 Å². The van der Waals surface area contributed by atoms with Gasteiger partial charge in [0.15, 0.2) is 0 Å². The smallest absolute Gasteiger partial charge is 0.340 e. The topological polar surface area (TPSA) is 64.6 Å². The Morgan fingerprint density at radius 2 is 1.91 bits per heavy atom. The highest BCUT2D eigenvalue weighted by molar-refractivity contribution is 6.03. The molecule has 0 heterocycles. The van der Waals surface area contributed by atoms with Crippen LogP contribution >= 0.6 is 0 Å². The maximum Gasteiger partial charge on any atom is 0.340 e. The third-order valence-corrected chi connectivity index (χ3v) is 3.73. The molecule has 0 saturated heterocycles. The quantitative estimate of drug-likeness (QED) is 0.590. The predicted molar refractivity (Wildman–Crippen MR) is 86.0 cm³/mol. The Hall–Kier alpha value is -1.88. The van der Waals surface area contributed by atoms with Gasteiger partial charge in [0, 0.05) is 7.11 Å². The van der Waals surface area contributed by atoms with Gasteiger partial charge >= 0.3 is 5.97 Å². The van der Waals surface area contributed by atoms with Crippen molar-refractivity contribution in [1.82, 2.24) is 0 Å². The number of unbranched alkanes of at least 4 members (excludes halogenated alkanes) is 1. The van der Waals surface area contributed by atoms with Crippen molar-refractivity contribution in [3.63, 3.8) is 0 Å².